The van der Waals surface area contributed by atoms with E-state index in [0.717, 1.165) is 56.0 Å². The minimum atomic E-state index is -1.02. The molecule has 2 bridgehead atoms. The number of likely N-dealkylation sites (tertiary alicyclic amines) is 1. The smallest absolute Gasteiger partial charge is 0.319 e. The molecule has 1 aliphatic heterocycles. The lowest BCUT2D eigenvalue weighted by atomic mass is 9.63. The number of methoxy groups -OCH3 is 4. The van der Waals surface area contributed by atoms with Crippen LogP contribution in [-0.4, -0.2) is 61.5 Å². The maximum absolute atomic E-state index is 12.0. The molecule has 8 heteroatoms. The van der Waals surface area contributed by atoms with Crippen molar-refractivity contribution in [3.8, 4) is 23.4 Å². The molecular formula is C23H31N3O5. The summed E-state index contributed by atoms with van der Waals surface area (Å²) in [4.78, 5) is 11.0. The third kappa shape index (κ3) is 3.78. The SMILES string of the molecule is COc1ncc(C2(O)[C@@H]3CCC[C@@H]2CN(Cc2cccc(OC)c2OC)C3)c(OC)n1. The minimum Gasteiger partial charge on any atom is -0.493 e. The van der Waals surface area contributed by atoms with Gasteiger partial charge >= 0.3 is 6.01 Å². The van der Waals surface area contributed by atoms with Crippen molar-refractivity contribution in [2.75, 3.05) is 41.5 Å². The molecule has 2 aliphatic rings. The van der Waals surface area contributed by atoms with Crippen molar-refractivity contribution >= 4 is 0 Å². The van der Waals surface area contributed by atoms with E-state index in [4.69, 9.17) is 18.9 Å². The van der Waals surface area contributed by atoms with Gasteiger partial charge in [0, 0.05) is 43.2 Å². The lowest BCUT2D eigenvalue weighted by molar-refractivity contribution is -0.149. The van der Waals surface area contributed by atoms with Crippen LogP contribution in [0.1, 0.15) is 30.4 Å². The molecule has 168 valence electrons. The maximum Gasteiger partial charge on any atom is 0.319 e. The number of piperidine rings is 1. The summed E-state index contributed by atoms with van der Waals surface area (Å²) >= 11 is 0. The molecular weight excluding hydrogens is 398 g/mol. The monoisotopic (exact) mass is 429 g/mol. The summed E-state index contributed by atoms with van der Waals surface area (Å²) < 4.78 is 21.7. The Kier molecular flexibility index (Phi) is 6.20. The molecule has 2 aromatic rings. The van der Waals surface area contributed by atoms with Gasteiger partial charge in [-0.1, -0.05) is 18.6 Å². The standard InChI is InChI=1S/C23H31N3O5/c1-28-19-10-5-7-15(20(19)29-2)12-26-13-16-8-6-9-17(14-26)23(16,27)18-11-24-22(31-4)25-21(18)30-3/h5,7,10-11,16-17,27H,6,8-9,12-14H2,1-4H3/t16-,17-/m1/s1. The Labute approximate surface area is 183 Å². The van der Waals surface area contributed by atoms with Crippen molar-refractivity contribution in [2.24, 2.45) is 11.8 Å². The van der Waals surface area contributed by atoms with Crippen LogP contribution in [0.15, 0.2) is 24.4 Å². The Morgan fingerprint density at radius 3 is 2.39 bits per heavy atom. The summed E-state index contributed by atoms with van der Waals surface area (Å²) in [5.41, 5.74) is 0.713. The predicted molar refractivity (Wildman–Crippen MR) is 115 cm³/mol. The number of aliphatic hydroxyl groups is 1. The second-order valence-electron chi connectivity index (χ2n) is 8.28. The van der Waals surface area contributed by atoms with Crippen molar-refractivity contribution in [1.82, 2.24) is 14.9 Å². The molecule has 8 nitrogen and oxygen atoms in total. The van der Waals surface area contributed by atoms with E-state index in [-0.39, 0.29) is 17.8 Å². The van der Waals surface area contributed by atoms with E-state index in [1.807, 2.05) is 12.1 Å². The van der Waals surface area contributed by atoms with E-state index >= 15 is 0 Å². The third-order valence-electron chi connectivity index (χ3n) is 6.72. The first-order valence-corrected chi connectivity index (χ1v) is 10.6. The molecule has 0 radical (unpaired) electrons. The number of para-hydroxylation sites is 1. The number of hydrogen-bond donors (Lipinski definition) is 1. The molecule has 1 N–H and O–H groups in total. The summed E-state index contributed by atoms with van der Waals surface area (Å²) in [5, 5.41) is 12.0. The largest absolute Gasteiger partial charge is 0.493 e. The van der Waals surface area contributed by atoms with Crippen LogP contribution in [0.4, 0.5) is 0 Å². The van der Waals surface area contributed by atoms with Gasteiger partial charge in [-0.25, -0.2) is 4.98 Å². The number of fused-ring (bicyclic) bond motifs is 2. The summed E-state index contributed by atoms with van der Waals surface area (Å²) in [6, 6.07) is 6.19. The molecule has 31 heavy (non-hydrogen) atoms. The quantitative estimate of drug-likeness (QED) is 0.719. The summed E-state index contributed by atoms with van der Waals surface area (Å²) in [7, 11) is 6.40. The van der Waals surface area contributed by atoms with E-state index in [0.29, 0.717) is 11.4 Å². The first-order valence-electron chi connectivity index (χ1n) is 10.6. The molecule has 1 aliphatic carbocycles. The van der Waals surface area contributed by atoms with Gasteiger partial charge in [0.25, 0.3) is 0 Å². The zero-order valence-corrected chi connectivity index (χ0v) is 18.6. The van der Waals surface area contributed by atoms with Crippen molar-refractivity contribution in [2.45, 2.75) is 31.4 Å². The van der Waals surface area contributed by atoms with Gasteiger partial charge in [0.05, 0.1) is 34.0 Å². The van der Waals surface area contributed by atoms with E-state index in [1.54, 1.807) is 27.5 Å². The van der Waals surface area contributed by atoms with Gasteiger partial charge in [0.15, 0.2) is 11.5 Å². The van der Waals surface area contributed by atoms with Crippen LogP contribution in [0.2, 0.25) is 0 Å². The van der Waals surface area contributed by atoms with Crippen LogP contribution in [-0.2, 0) is 12.1 Å². The minimum absolute atomic E-state index is 0.0579. The molecule has 4 rings (SSSR count). The number of rotatable bonds is 7. The van der Waals surface area contributed by atoms with Crippen molar-refractivity contribution in [3.63, 3.8) is 0 Å². The number of ether oxygens (including phenoxy) is 4. The number of nitrogens with zero attached hydrogens (tertiary/aromatic N) is 3. The molecule has 2 atom stereocenters. The summed E-state index contributed by atoms with van der Waals surface area (Å²) in [6.07, 6.45) is 4.64. The molecule has 1 saturated heterocycles. The number of benzene rings is 1. The first-order chi connectivity index (χ1) is 15.0. The molecule has 1 aromatic heterocycles. The molecule has 0 amide bonds. The van der Waals surface area contributed by atoms with Crippen LogP contribution >= 0.6 is 0 Å². The summed E-state index contributed by atoms with van der Waals surface area (Å²) in [5.74, 6) is 1.99. The van der Waals surface area contributed by atoms with Crippen molar-refractivity contribution in [3.05, 3.63) is 35.5 Å². The zero-order chi connectivity index (χ0) is 22.0. The van der Waals surface area contributed by atoms with Gasteiger partial charge in [-0.3, -0.25) is 4.90 Å². The van der Waals surface area contributed by atoms with E-state index in [1.165, 1.54) is 7.11 Å². The lowest BCUT2D eigenvalue weighted by Crippen LogP contribution is -2.58. The highest BCUT2D eigenvalue weighted by molar-refractivity contribution is 5.46. The van der Waals surface area contributed by atoms with Crippen molar-refractivity contribution in [1.29, 1.82) is 0 Å². The average Bonchev–Trinajstić information content (AvgIpc) is 2.79. The Morgan fingerprint density at radius 1 is 1.03 bits per heavy atom. The molecule has 2 fully saturated rings. The lowest BCUT2D eigenvalue weighted by Gasteiger charge is -2.53. The van der Waals surface area contributed by atoms with E-state index < -0.39 is 5.60 Å². The molecule has 2 heterocycles. The highest BCUT2D eigenvalue weighted by Gasteiger charge is 2.53. The van der Waals surface area contributed by atoms with Gasteiger partial charge in [0.2, 0.25) is 5.88 Å². The van der Waals surface area contributed by atoms with Gasteiger partial charge in [-0.2, -0.15) is 4.98 Å². The fourth-order valence-electron chi connectivity index (χ4n) is 5.31. The normalized spacial score (nSPS) is 25.7. The fraction of sp³-hybridized carbons (Fsp3) is 0.565. The van der Waals surface area contributed by atoms with E-state index in [9.17, 15) is 5.11 Å². The van der Waals surface area contributed by atoms with Gasteiger partial charge in [0.1, 0.15) is 5.60 Å². The topological polar surface area (TPSA) is 86.2 Å². The summed E-state index contributed by atoms with van der Waals surface area (Å²) in [6.45, 7) is 2.27. The Hall–Kier alpha value is -2.58. The van der Waals surface area contributed by atoms with Crippen LogP contribution in [0.5, 0.6) is 23.4 Å². The molecule has 1 saturated carbocycles. The highest BCUT2D eigenvalue weighted by atomic mass is 16.5. The second-order valence-corrected chi connectivity index (χ2v) is 8.28. The molecule has 1 aromatic carbocycles. The van der Waals surface area contributed by atoms with Gasteiger partial charge in [-0.05, 0) is 18.9 Å². The average molecular weight is 430 g/mol. The number of hydrogen-bond acceptors (Lipinski definition) is 8. The fourth-order valence-corrected chi connectivity index (χ4v) is 5.31. The Balaban J connectivity index is 1.62. The molecule has 0 unspecified atom stereocenters. The Morgan fingerprint density at radius 2 is 1.77 bits per heavy atom. The molecule has 0 spiro atoms. The van der Waals surface area contributed by atoms with Crippen LogP contribution in [0.3, 0.4) is 0 Å². The van der Waals surface area contributed by atoms with Gasteiger partial charge in [-0.15, -0.1) is 0 Å². The first kappa shape index (κ1) is 21.6. The highest BCUT2D eigenvalue weighted by Crippen LogP contribution is 2.51. The van der Waals surface area contributed by atoms with Crippen LogP contribution < -0.4 is 18.9 Å². The maximum atomic E-state index is 12.0. The van der Waals surface area contributed by atoms with Crippen LogP contribution in [0.25, 0.3) is 0 Å². The van der Waals surface area contributed by atoms with Crippen LogP contribution in [0, 0.1) is 11.8 Å². The second kappa shape index (κ2) is 8.88. The van der Waals surface area contributed by atoms with Crippen molar-refractivity contribution < 1.29 is 24.1 Å². The zero-order valence-electron chi connectivity index (χ0n) is 18.6. The number of aromatic nitrogens is 2. The van der Waals surface area contributed by atoms with E-state index in [2.05, 4.69) is 20.9 Å². The predicted octanol–water partition coefficient (Wildman–Crippen LogP) is 2.63. The third-order valence-corrected chi connectivity index (χ3v) is 6.72. The van der Waals surface area contributed by atoms with Gasteiger partial charge < -0.3 is 24.1 Å². The Bertz CT molecular complexity index is 908.